The average molecular weight is 283 g/mol. The molecular weight excluding hydrogens is 265 g/mol. The normalized spacial score (nSPS) is 31.4. The Kier molecular flexibility index (Phi) is 1.58. The molecular formula is C13H12FN3O3. The molecule has 7 heteroatoms. The van der Waals surface area contributed by atoms with Gasteiger partial charge in [-0.2, -0.15) is 0 Å². The molecule has 0 radical (unpaired) electrons. The number of nitrogens with zero attached hydrogens (tertiary/aromatic N) is 1. The minimum Gasteiger partial charge on any atom is -0.398 e. The van der Waals surface area contributed by atoms with E-state index in [4.69, 9.17) is 14.0 Å². The number of imide groups is 1. The van der Waals surface area contributed by atoms with E-state index in [0.29, 0.717) is 4.90 Å². The number of nitrogens with two attached hydrogens (primary N) is 1. The quantitative estimate of drug-likeness (QED) is 0.567. The number of fused-ring (bicyclic) bond motifs is 1. The number of nitrogen functional groups attached to an aromatic ring is 1. The standard InChI is InChI=1S/C13H12FN3O3/c14-6-3-7-8(9(15)4-6)5-17(13(7)20)10-1-2-11(18)16-12(10)19/h3-4,10H,1-2,5,15H2,(H,16,18,19)/i1D2,2D2,3D,4D. The Morgan fingerprint density at radius 1 is 1.45 bits per heavy atom. The molecule has 1 aromatic carbocycles. The Morgan fingerprint density at radius 3 is 2.95 bits per heavy atom. The zero-order chi connectivity index (χ0) is 19.8. The van der Waals surface area contributed by atoms with Gasteiger partial charge in [-0.05, 0) is 18.5 Å². The molecule has 3 N–H and O–H groups in total. The number of halogens is 1. The number of anilines is 1. The van der Waals surface area contributed by atoms with E-state index in [1.165, 1.54) is 0 Å². The highest BCUT2D eigenvalue weighted by Crippen LogP contribution is 2.31. The zero-order valence-corrected chi connectivity index (χ0v) is 9.91. The molecule has 1 atom stereocenters. The van der Waals surface area contributed by atoms with E-state index in [1.54, 1.807) is 5.32 Å². The first-order valence-electron chi connectivity index (χ1n) is 8.57. The first-order valence-corrected chi connectivity index (χ1v) is 5.57. The molecule has 0 aromatic heterocycles. The van der Waals surface area contributed by atoms with Crippen molar-refractivity contribution in [3.8, 4) is 0 Å². The van der Waals surface area contributed by atoms with Crippen LogP contribution in [0, 0.1) is 5.82 Å². The lowest BCUT2D eigenvalue weighted by atomic mass is 10.0. The Morgan fingerprint density at radius 2 is 2.20 bits per heavy atom. The molecule has 1 fully saturated rings. The summed E-state index contributed by atoms with van der Waals surface area (Å²) in [7, 11) is 0. The summed E-state index contributed by atoms with van der Waals surface area (Å²) < 4.78 is 60.3. The van der Waals surface area contributed by atoms with Gasteiger partial charge in [-0.3, -0.25) is 19.7 Å². The van der Waals surface area contributed by atoms with Crippen molar-refractivity contribution in [3.05, 3.63) is 29.0 Å². The fraction of sp³-hybridized carbons (Fsp3) is 0.308. The summed E-state index contributed by atoms with van der Waals surface area (Å²) in [4.78, 5) is 37.0. The van der Waals surface area contributed by atoms with E-state index in [9.17, 15) is 18.8 Å². The molecule has 0 saturated carbocycles. The van der Waals surface area contributed by atoms with Crippen LogP contribution in [0.3, 0.4) is 0 Å². The second-order valence-electron chi connectivity index (χ2n) is 4.25. The lowest BCUT2D eigenvalue weighted by molar-refractivity contribution is -0.136. The van der Waals surface area contributed by atoms with Crippen molar-refractivity contribution in [3.63, 3.8) is 0 Å². The number of benzene rings is 1. The van der Waals surface area contributed by atoms with E-state index in [2.05, 4.69) is 0 Å². The van der Waals surface area contributed by atoms with Crippen LogP contribution in [0.1, 0.15) is 36.9 Å². The third kappa shape index (κ3) is 1.82. The largest absolute Gasteiger partial charge is 0.398 e. The van der Waals surface area contributed by atoms with Crippen LogP contribution >= 0.6 is 0 Å². The second kappa shape index (κ2) is 4.29. The number of amides is 3. The van der Waals surface area contributed by atoms with Crippen LogP contribution in [0.5, 0.6) is 0 Å². The van der Waals surface area contributed by atoms with Gasteiger partial charge in [0.05, 0.1) is 2.74 Å². The van der Waals surface area contributed by atoms with Crippen LogP contribution in [-0.2, 0) is 16.1 Å². The summed E-state index contributed by atoms with van der Waals surface area (Å²) >= 11 is 0. The van der Waals surface area contributed by atoms with Crippen LogP contribution < -0.4 is 11.1 Å². The van der Waals surface area contributed by atoms with Crippen molar-refractivity contribution in [2.45, 2.75) is 25.3 Å². The Balaban J connectivity index is 2.14. The molecule has 3 rings (SSSR count). The van der Waals surface area contributed by atoms with E-state index in [-0.39, 0.29) is 5.56 Å². The van der Waals surface area contributed by atoms with Gasteiger partial charge in [-0.25, -0.2) is 4.39 Å². The molecule has 2 heterocycles. The summed E-state index contributed by atoms with van der Waals surface area (Å²) in [6, 6.07) is -3.77. The molecule has 2 aliphatic heterocycles. The highest BCUT2D eigenvalue weighted by molar-refractivity contribution is 6.06. The Hall–Kier alpha value is -2.44. The molecule has 1 saturated heterocycles. The van der Waals surface area contributed by atoms with E-state index in [0.717, 1.165) is 0 Å². The summed E-state index contributed by atoms with van der Waals surface area (Å²) in [6.45, 7) is -0.528. The molecule has 6 nitrogen and oxygen atoms in total. The predicted octanol–water partition coefficient (Wildman–Crippen LogP) is 0.169. The highest BCUT2D eigenvalue weighted by Gasteiger charge is 2.39. The second-order valence-corrected chi connectivity index (χ2v) is 4.25. The van der Waals surface area contributed by atoms with Crippen LogP contribution in [0.25, 0.3) is 0 Å². The fourth-order valence-corrected chi connectivity index (χ4v) is 2.12. The van der Waals surface area contributed by atoms with Gasteiger partial charge in [0, 0.05) is 35.2 Å². The van der Waals surface area contributed by atoms with Crippen molar-refractivity contribution in [1.29, 1.82) is 0 Å². The molecule has 1 aromatic rings. The highest BCUT2D eigenvalue weighted by atomic mass is 19.1. The number of hydrogen-bond acceptors (Lipinski definition) is 4. The minimum atomic E-state index is -3.12. The van der Waals surface area contributed by atoms with Crippen molar-refractivity contribution in [2.24, 2.45) is 0 Å². The fourth-order valence-electron chi connectivity index (χ4n) is 2.12. The lowest BCUT2D eigenvalue weighted by Crippen LogP contribution is -2.52. The molecule has 0 bridgehead atoms. The molecule has 20 heavy (non-hydrogen) atoms. The monoisotopic (exact) mass is 283 g/mol. The number of carbonyl (C=O) groups excluding carboxylic acids is 3. The van der Waals surface area contributed by atoms with Gasteiger partial charge < -0.3 is 10.6 Å². The van der Waals surface area contributed by atoms with Gasteiger partial charge in [0.2, 0.25) is 11.8 Å². The topological polar surface area (TPSA) is 92.5 Å². The van der Waals surface area contributed by atoms with Crippen LogP contribution in [-0.4, -0.2) is 28.7 Å². The van der Waals surface area contributed by atoms with Crippen LogP contribution in [0.15, 0.2) is 12.1 Å². The molecule has 2 aliphatic rings. The Bertz CT molecular complexity index is 891. The van der Waals surface area contributed by atoms with Gasteiger partial charge in [-0.1, -0.05) is 0 Å². The maximum Gasteiger partial charge on any atom is 0.255 e. The molecule has 0 spiro atoms. The number of carbonyl (C=O) groups is 3. The van der Waals surface area contributed by atoms with E-state index >= 15 is 0 Å². The number of nitrogens with one attached hydrogen (secondary N) is 1. The number of rotatable bonds is 1. The molecule has 3 amide bonds. The number of piperidine rings is 1. The van der Waals surface area contributed by atoms with Gasteiger partial charge in [0.25, 0.3) is 5.91 Å². The van der Waals surface area contributed by atoms with Crippen molar-refractivity contribution in [1.82, 2.24) is 10.2 Å². The maximum absolute atomic E-state index is 13.9. The van der Waals surface area contributed by atoms with Gasteiger partial charge in [0.15, 0.2) is 0 Å². The molecule has 104 valence electrons. The molecule has 0 aliphatic carbocycles. The molecule has 1 unspecified atom stereocenters. The number of hydrogen-bond donors (Lipinski definition) is 2. The summed E-state index contributed by atoms with van der Waals surface area (Å²) in [6.07, 6.45) is -6.22. The first kappa shape index (κ1) is 7.37. The summed E-state index contributed by atoms with van der Waals surface area (Å²) in [5.74, 6) is -5.16. The van der Waals surface area contributed by atoms with Crippen LogP contribution in [0.4, 0.5) is 10.1 Å². The van der Waals surface area contributed by atoms with Crippen molar-refractivity contribution < 1.29 is 27.0 Å². The van der Waals surface area contributed by atoms with E-state index in [1.807, 2.05) is 0 Å². The summed E-state index contributed by atoms with van der Waals surface area (Å²) in [5.41, 5.74) is 4.56. The lowest BCUT2D eigenvalue weighted by Gasteiger charge is -2.29. The smallest absolute Gasteiger partial charge is 0.255 e. The van der Waals surface area contributed by atoms with Gasteiger partial charge in [-0.15, -0.1) is 0 Å². The third-order valence-corrected chi connectivity index (χ3v) is 3.03. The summed E-state index contributed by atoms with van der Waals surface area (Å²) in [5, 5.41) is 1.68. The average Bonchev–Trinajstić information content (AvgIpc) is 2.87. The van der Waals surface area contributed by atoms with Crippen molar-refractivity contribution >= 4 is 23.4 Å². The van der Waals surface area contributed by atoms with Crippen molar-refractivity contribution in [2.75, 3.05) is 5.73 Å². The minimum absolute atomic E-state index is 0.118. The third-order valence-electron chi connectivity index (χ3n) is 3.03. The van der Waals surface area contributed by atoms with E-state index < -0.39 is 72.2 Å². The Labute approximate surface area is 122 Å². The SMILES string of the molecule is [2H]c1c(N)c2c(c([2H])c1F)C(=O)N(C1C(=O)NC(=O)C([2H])([2H])C1([2H])[2H])C2. The first-order chi connectivity index (χ1) is 11.8. The predicted molar refractivity (Wildman–Crippen MR) is 66.9 cm³/mol. The maximum atomic E-state index is 13.9. The van der Waals surface area contributed by atoms with Gasteiger partial charge >= 0.3 is 0 Å². The van der Waals surface area contributed by atoms with Gasteiger partial charge in [0.1, 0.15) is 11.9 Å². The van der Waals surface area contributed by atoms with Crippen LogP contribution in [0.2, 0.25) is 0 Å². The zero-order valence-electron chi connectivity index (χ0n) is 15.9.